The van der Waals surface area contributed by atoms with E-state index in [2.05, 4.69) is 31.0 Å². The van der Waals surface area contributed by atoms with Crippen LogP contribution in [-0.2, 0) is 28.9 Å². The van der Waals surface area contributed by atoms with Crippen molar-refractivity contribution in [3.05, 3.63) is 16.3 Å². The van der Waals surface area contributed by atoms with Crippen LogP contribution in [0.1, 0.15) is 49.9 Å². The zero-order valence-electron chi connectivity index (χ0n) is 18.2. The standard InChI is InChI=1S/C22H32N4O2S2/c1-14(2)15(3)23-19(27)13-29-21-20-16-6-4-5-7-17(16)30-22(20)25-18(24-21)12-26-8-10-28-11-9-26/h14-15H,4-13H2,1-3H3,(H,23,27)/t15-/m0/s1. The number of ether oxygens (including phenoxy) is 1. The normalized spacial score (nSPS) is 18.5. The molecular formula is C22H32N4O2S2. The number of rotatable bonds is 7. The number of hydrogen-bond acceptors (Lipinski definition) is 7. The number of aryl methyl sites for hydroxylation is 2. The summed E-state index contributed by atoms with van der Waals surface area (Å²) in [5.41, 5.74) is 1.43. The topological polar surface area (TPSA) is 67.4 Å². The molecule has 164 valence electrons. The second-order valence-corrected chi connectivity index (χ2v) is 10.7. The number of carbonyl (C=O) groups is 1. The molecular weight excluding hydrogens is 416 g/mol. The first-order chi connectivity index (χ1) is 14.5. The Kier molecular flexibility index (Phi) is 7.28. The Labute approximate surface area is 187 Å². The SMILES string of the molecule is CC(C)[C@H](C)NC(=O)CSc1nc(CN2CCOCC2)nc2sc3c(c12)CCCC3. The molecule has 1 aliphatic carbocycles. The van der Waals surface area contributed by atoms with Crippen molar-refractivity contribution in [2.24, 2.45) is 5.92 Å². The van der Waals surface area contributed by atoms with Crippen LogP contribution in [0.4, 0.5) is 0 Å². The lowest BCUT2D eigenvalue weighted by Crippen LogP contribution is -2.37. The number of carbonyl (C=O) groups excluding carboxylic acids is 1. The van der Waals surface area contributed by atoms with E-state index in [1.165, 1.54) is 28.7 Å². The maximum absolute atomic E-state index is 12.5. The van der Waals surface area contributed by atoms with E-state index < -0.39 is 0 Å². The van der Waals surface area contributed by atoms with Gasteiger partial charge in [0.15, 0.2) is 0 Å². The number of amides is 1. The van der Waals surface area contributed by atoms with E-state index in [0.29, 0.717) is 11.7 Å². The van der Waals surface area contributed by atoms with Gasteiger partial charge in [0.05, 0.1) is 25.5 Å². The number of nitrogens with one attached hydrogen (secondary N) is 1. The molecule has 2 aliphatic rings. The molecule has 1 saturated heterocycles. The van der Waals surface area contributed by atoms with E-state index in [-0.39, 0.29) is 11.9 Å². The first-order valence-electron chi connectivity index (χ1n) is 11.0. The minimum atomic E-state index is 0.0757. The van der Waals surface area contributed by atoms with Gasteiger partial charge in [0.1, 0.15) is 15.7 Å². The van der Waals surface area contributed by atoms with Crippen LogP contribution >= 0.6 is 23.1 Å². The average molecular weight is 449 g/mol. The predicted molar refractivity (Wildman–Crippen MR) is 123 cm³/mol. The van der Waals surface area contributed by atoms with Crippen LogP contribution in [0.5, 0.6) is 0 Å². The van der Waals surface area contributed by atoms with Gasteiger partial charge in [-0.05, 0) is 44.1 Å². The molecule has 1 amide bonds. The van der Waals surface area contributed by atoms with E-state index in [1.807, 2.05) is 11.3 Å². The number of thiophene rings is 1. The van der Waals surface area contributed by atoms with E-state index in [4.69, 9.17) is 14.7 Å². The van der Waals surface area contributed by atoms with Crippen molar-refractivity contribution >= 4 is 39.2 Å². The summed E-state index contributed by atoms with van der Waals surface area (Å²) < 4.78 is 5.47. The third-order valence-electron chi connectivity index (χ3n) is 6.03. The molecule has 2 aromatic rings. The number of morpholine rings is 1. The lowest BCUT2D eigenvalue weighted by Gasteiger charge is -2.25. The monoisotopic (exact) mass is 448 g/mol. The summed E-state index contributed by atoms with van der Waals surface area (Å²) >= 11 is 3.40. The quantitative estimate of drug-likeness (QED) is 0.515. The number of hydrogen-bond donors (Lipinski definition) is 1. The largest absolute Gasteiger partial charge is 0.379 e. The van der Waals surface area contributed by atoms with E-state index in [1.54, 1.807) is 11.8 Å². The van der Waals surface area contributed by atoms with E-state index in [0.717, 1.165) is 61.4 Å². The zero-order chi connectivity index (χ0) is 21.1. The van der Waals surface area contributed by atoms with Crippen LogP contribution in [0.2, 0.25) is 0 Å². The number of aromatic nitrogens is 2. The van der Waals surface area contributed by atoms with Crippen LogP contribution < -0.4 is 5.32 Å². The van der Waals surface area contributed by atoms with Gasteiger partial charge in [-0.2, -0.15) is 0 Å². The average Bonchev–Trinajstić information content (AvgIpc) is 3.11. The highest BCUT2D eigenvalue weighted by Crippen LogP contribution is 2.39. The highest BCUT2D eigenvalue weighted by molar-refractivity contribution is 8.00. The molecule has 3 heterocycles. The van der Waals surface area contributed by atoms with Crippen molar-refractivity contribution in [2.75, 3.05) is 32.1 Å². The molecule has 1 N–H and O–H groups in total. The first kappa shape index (κ1) is 22.0. The summed E-state index contributed by atoms with van der Waals surface area (Å²) in [6, 6.07) is 0.175. The Morgan fingerprint density at radius 2 is 1.97 bits per heavy atom. The molecule has 30 heavy (non-hydrogen) atoms. The van der Waals surface area contributed by atoms with Gasteiger partial charge in [0, 0.05) is 29.4 Å². The Morgan fingerprint density at radius 3 is 2.73 bits per heavy atom. The summed E-state index contributed by atoms with van der Waals surface area (Å²) in [7, 11) is 0. The Balaban J connectivity index is 1.58. The van der Waals surface area contributed by atoms with Crippen molar-refractivity contribution < 1.29 is 9.53 Å². The lowest BCUT2D eigenvalue weighted by atomic mass is 9.97. The lowest BCUT2D eigenvalue weighted by molar-refractivity contribution is -0.119. The minimum absolute atomic E-state index is 0.0757. The van der Waals surface area contributed by atoms with Gasteiger partial charge in [0.25, 0.3) is 0 Å². The van der Waals surface area contributed by atoms with E-state index in [9.17, 15) is 4.79 Å². The van der Waals surface area contributed by atoms with Crippen LogP contribution in [0, 0.1) is 5.92 Å². The molecule has 0 spiro atoms. The second-order valence-electron chi connectivity index (χ2n) is 8.61. The Bertz CT molecular complexity index is 893. The maximum Gasteiger partial charge on any atom is 0.230 e. The zero-order valence-corrected chi connectivity index (χ0v) is 19.8. The fourth-order valence-corrected chi connectivity index (χ4v) is 6.13. The molecule has 0 saturated carbocycles. The number of nitrogens with zero attached hydrogens (tertiary/aromatic N) is 3. The van der Waals surface area contributed by atoms with Gasteiger partial charge < -0.3 is 10.1 Å². The van der Waals surface area contributed by atoms with Gasteiger partial charge in [-0.15, -0.1) is 11.3 Å². The second kappa shape index (κ2) is 9.94. The highest BCUT2D eigenvalue weighted by atomic mass is 32.2. The third-order valence-corrected chi connectivity index (χ3v) is 8.19. The van der Waals surface area contributed by atoms with Crippen molar-refractivity contribution in [1.29, 1.82) is 0 Å². The van der Waals surface area contributed by atoms with Crippen LogP contribution in [0.15, 0.2) is 5.03 Å². The molecule has 1 aliphatic heterocycles. The first-order valence-corrected chi connectivity index (χ1v) is 12.8. The molecule has 1 fully saturated rings. The molecule has 1 atom stereocenters. The molecule has 0 bridgehead atoms. The van der Waals surface area contributed by atoms with Crippen LogP contribution in [0.3, 0.4) is 0 Å². The van der Waals surface area contributed by atoms with Crippen molar-refractivity contribution in [2.45, 2.75) is 64.1 Å². The Hall–Kier alpha value is -1.22. The van der Waals surface area contributed by atoms with Gasteiger partial charge >= 0.3 is 0 Å². The highest BCUT2D eigenvalue weighted by Gasteiger charge is 2.23. The molecule has 0 aromatic carbocycles. The maximum atomic E-state index is 12.5. The molecule has 0 unspecified atom stereocenters. The van der Waals surface area contributed by atoms with Crippen molar-refractivity contribution in [3.8, 4) is 0 Å². The van der Waals surface area contributed by atoms with Gasteiger partial charge in [-0.3, -0.25) is 9.69 Å². The number of thioether (sulfide) groups is 1. The number of fused-ring (bicyclic) bond motifs is 3. The van der Waals surface area contributed by atoms with Crippen molar-refractivity contribution in [3.63, 3.8) is 0 Å². The Morgan fingerprint density at radius 1 is 1.20 bits per heavy atom. The fraction of sp³-hybridized carbons (Fsp3) is 0.682. The summed E-state index contributed by atoms with van der Waals surface area (Å²) in [5, 5.41) is 5.30. The third kappa shape index (κ3) is 5.15. The predicted octanol–water partition coefficient (Wildman–Crippen LogP) is 3.66. The van der Waals surface area contributed by atoms with Crippen LogP contribution in [-0.4, -0.2) is 58.9 Å². The van der Waals surface area contributed by atoms with Gasteiger partial charge in [0.2, 0.25) is 5.91 Å². The van der Waals surface area contributed by atoms with Gasteiger partial charge in [-0.25, -0.2) is 9.97 Å². The molecule has 0 radical (unpaired) electrons. The summed E-state index contributed by atoms with van der Waals surface area (Å²) in [6.07, 6.45) is 4.73. The molecule has 6 nitrogen and oxygen atoms in total. The fourth-order valence-electron chi connectivity index (χ4n) is 3.90. The summed E-state index contributed by atoms with van der Waals surface area (Å²) in [6.45, 7) is 10.4. The van der Waals surface area contributed by atoms with Crippen molar-refractivity contribution in [1.82, 2.24) is 20.2 Å². The minimum Gasteiger partial charge on any atom is -0.379 e. The van der Waals surface area contributed by atoms with Crippen LogP contribution in [0.25, 0.3) is 10.2 Å². The smallest absolute Gasteiger partial charge is 0.230 e. The summed E-state index contributed by atoms with van der Waals surface area (Å²) in [4.78, 5) is 27.3. The van der Waals surface area contributed by atoms with E-state index >= 15 is 0 Å². The summed E-state index contributed by atoms with van der Waals surface area (Å²) in [5.74, 6) is 1.76. The molecule has 4 rings (SSSR count). The molecule has 2 aromatic heterocycles. The van der Waals surface area contributed by atoms with Gasteiger partial charge in [-0.1, -0.05) is 25.6 Å². The molecule has 8 heteroatoms.